The van der Waals surface area contributed by atoms with Crippen molar-refractivity contribution in [3.05, 3.63) is 82.9 Å². The first-order valence-electron chi connectivity index (χ1n) is 10.2. The Morgan fingerprint density at radius 2 is 1.90 bits per heavy atom. The van der Waals surface area contributed by atoms with E-state index in [9.17, 15) is 0 Å². The molecule has 1 aromatic carbocycles. The van der Waals surface area contributed by atoms with Gasteiger partial charge >= 0.3 is 0 Å². The largest absolute Gasteiger partial charge is 0.352 e. The minimum absolute atomic E-state index is 0.0432. The van der Waals surface area contributed by atoms with Crippen LogP contribution in [0, 0.1) is 20.8 Å². The molecule has 3 aromatic rings. The summed E-state index contributed by atoms with van der Waals surface area (Å²) in [7, 11) is 0. The van der Waals surface area contributed by atoms with Crippen molar-refractivity contribution in [3.63, 3.8) is 0 Å². The molecule has 2 atom stereocenters. The first kappa shape index (κ1) is 19.6. The molecule has 4 rings (SSSR count). The van der Waals surface area contributed by atoms with E-state index in [0.29, 0.717) is 0 Å². The lowest BCUT2D eigenvalue weighted by Gasteiger charge is -2.27. The van der Waals surface area contributed by atoms with Crippen LogP contribution in [-0.2, 0) is 0 Å². The highest BCUT2D eigenvalue weighted by Crippen LogP contribution is 2.41. The average Bonchev–Trinajstić information content (AvgIpc) is 3.18. The second-order valence-electron chi connectivity index (χ2n) is 7.82. The van der Waals surface area contributed by atoms with Gasteiger partial charge in [0.2, 0.25) is 0 Å². The van der Waals surface area contributed by atoms with Crippen molar-refractivity contribution in [2.24, 2.45) is 0 Å². The van der Waals surface area contributed by atoms with Crippen LogP contribution >= 0.6 is 12.2 Å². The smallest absolute Gasteiger partial charge is 0.170 e. The first-order valence-corrected chi connectivity index (χ1v) is 10.7. The standard InChI is InChI=1S/C24H28N4S/c1-5-13-27-23(22(26-24(27)29)21-11-6-7-12-25-21)20-15-17(3)28(18(20)4)19-10-8-9-16(2)14-19/h6-12,14-15,22-23H,5,13H2,1-4H3,(H,26,29)/t22-,23-/m0/s1. The molecule has 150 valence electrons. The molecular formula is C24H28N4S. The minimum atomic E-state index is 0.0432. The third-order valence-electron chi connectivity index (χ3n) is 5.71. The van der Waals surface area contributed by atoms with Crippen LogP contribution in [0.1, 0.15) is 53.6 Å². The van der Waals surface area contributed by atoms with Gasteiger partial charge in [0.05, 0.1) is 17.8 Å². The maximum Gasteiger partial charge on any atom is 0.170 e. The minimum Gasteiger partial charge on any atom is -0.352 e. The number of thiocarbonyl (C=S) groups is 1. The van der Waals surface area contributed by atoms with E-state index in [0.717, 1.165) is 23.8 Å². The number of hydrogen-bond acceptors (Lipinski definition) is 2. The van der Waals surface area contributed by atoms with Crippen molar-refractivity contribution in [2.45, 2.75) is 46.2 Å². The van der Waals surface area contributed by atoms with E-state index in [1.54, 1.807) is 0 Å². The molecule has 0 bridgehead atoms. The molecule has 3 heterocycles. The van der Waals surface area contributed by atoms with Crippen LogP contribution in [0.25, 0.3) is 5.69 Å². The zero-order valence-corrected chi connectivity index (χ0v) is 18.3. The van der Waals surface area contributed by atoms with Crippen molar-refractivity contribution in [2.75, 3.05) is 6.54 Å². The van der Waals surface area contributed by atoms with Crippen LogP contribution in [0.4, 0.5) is 0 Å². The van der Waals surface area contributed by atoms with Gasteiger partial charge in [0, 0.05) is 29.8 Å². The summed E-state index contributed by atoms with van der Waals surface area (Å²) in [5, 5.41) is 4.36. The monoisotopic (exact) mass is 404 g/mol. The van der Waals surface area contributed by atoms with Crippen LogP contribution in [0.2, 0.25) is 0 Å². The van der Waals surface area contributed by atoms with Gasteiger partial charge in [-0.1, -0.05) is 25.1 Å². The zero-order chi connectivity index (χ0) is 20.5. The average molecular weight is 405 g/mol. The number of nitrogens with zero attached hydrogens (tertiary/aromatic N) is 3. The van der Waals surface area contributed by atoms with E-state index in [-0.39, 0.29) is 12.1 Å². The summed E-state index contributed by atoms with van der Waals surface area (Å²) < 4.78 is 2.35. The van der Waals surface area contributed by atoms with Crippen LogP contribution in [0.5, 0.6) is 0 Å². The summed E-state index contributed by atoms with van der Waals surface area (Å²) in [6, 6.07) is 17.2. The highest BCUT2D eigenvalue weighted by molar-refractivity contribution is 7.80. The molecule has 1 N–H and O–H groups in total. The SMILES string of the molecule is CCCN1C(=S)N[C@@H](c2ccccn2)[C@@H]1c1cc(C)n(-c2cccc(C)c2)c1C. The van der Waals surface area contributed by atoms with Gasteiger partial charge in [-0.05, 0) is 80.9 Å². The Kier molecular flexibility index (Phi) is 5.41. The van der Waals surface area contributed by atoms with Crippen molar-refractivity contribution in [1.29, 1.82) is 0 Å². The summed E-state index contributed by atoms with van der Waals surface area (Å²) in [5.74, 6) is 0. The van der Waals surface area contributed by atoms with E-state index < -0.39 is 0 Å². The topological polar surface area (TPSA) is 33.1 Å². The fourth-order valence-electron chi connectivity index (χ4n) is 4.48. The third kappa shape index (κ3) is 3.55. The Bertz CT molecular complexity index is 1020. The van der Waals surface area contributed by atoms with Gasteiger partial charge in [-0.15, -0.1) is 0 Å². The Balaban J connectivity index is 1.84. The fraction of sp³-hybridized carbons (Fsp3) is 0.333. The summed E-state index contributed by atoms with van der Waals surface area (Å²) in [6.07, 6.45) is 2.90. The van der Waals surface area contributed by atoms with Gasteiger partial charge in [0.15, 0.2) is 5.11 Å². The quantitative estimate of drug-likeness (QED) is 0.594. The van der Waals surface area contributed by atoms with Gasteiger partial charge in [0.1, 0.15) is 0 Å². The molecule has 2 aromatic heterocycles. The summed E-state index contributed by atoms with van der Waals surface area (Å²) >= 11 is 5.73. The molecule has 0 aliphatic carbocycles. The number of benzene rings is 1. The lowest BCUT2D eigenvalue weighted by atomic mass is 9.96. The molecule has 0 saturated carbocycles. The van der Waals surface area contributed by atoms with Gasteiger partial charge in [-0.25, -0.2) is 0 Å². The maximum absolute atomic E-state index is 5.73. The van der Waals surface area contributed by atoms with Crippen molar-refractivity contribution in [3.8, 4) is 5.69 Å². The predicted octanol–water partition coefficient (Wildman–Crippen LogP) is 5.18. The molecule has 1 aliphatic heterocycles. The molecule has 5 heteroatoms. The third-order valence-corrected chi connectivity index (χ3v) is 6.06. The van der Waals surface area contributed by atoms with Crippen molar-refractivity contribution in [1.82, 2.24) is 19.8 Å². The number of rotatable bonds is 5. The van der Waals surface area contributed by atoms with E-state index in [4.69, 9.17) is 12.2 Å². The summed E-state index contributed by atoms with van der Waals surface area (Å²) in [6.45, 7) is 9.65. The van der Waals surface area contributed by atoms with Gasteiger partial charge in [-0.3, -0.25) is 4.98 Å². The Morgan fingerprint density at radius 3 is 2.59 bits per heavy atom. The van der Waals surface area contributed by atoms with Gasteiger partial charge in [0.25, 0.3) is 0 Å². The molecular weight excluding hydrogens is 376 g/mol. The molecule has 1 fully saturated rings. The molecule has 0 spiro atoms. The lowest BCUT2D eigenvalue weighted by Crippen LogP contribution is -2.30. The van der Waals surface area contributed by atoms with Crippen LogP contribution in [-0.4, -0.2) is 26.1 Å². The van der Waals surface area contributed by atoms with Gasteiger partial charge in [-0.2, -0.15) is 0 Å². The van der Waals surface area contributed by atoms with Crippen LogP contribution < -0.4 is 5.32 Å². The van der Waals surface area contributed by atoms with Crippen molar-refractivity contribution < 1.29 is 0 Å². The zero-order valence-electron chi connectivity index (χ0n) is 17.5. The fourth-order valence-corrected chi connectivity index (χ4v) is 4.81. The Morgan fingerprint density at radius 1 is 1.07 bits per heavy atom. The first-order chi connectivity index (χ1) is 14.0. The van der Waals surface area contributed by atoms with E-state index in [1.807, 2.05) is 18.3 Å². The number of aryl methyl sites for hydroxylation is 2. The molecule has 1 aliphatic rings. The number of aromatic nitrogens is 2. The van der Waals surface area contributed by atoms with Crippen molar-refractivity contribution >= 4 is 17.3 Å². The molecule has 0 radical (unpaired) electrons. The van der Waals surface area contributed by atoms with E-state index in [2.05, 4.69) is 83.9 Å². The molecule has 0 unspecified atom stereocenters. The Hall–Kier alpha value is -2.66. The highest BCUT2D eigenvalue weighted by Gasteiger charge is 2.40. The molecule has 4 nitrogen and oxygen atoms in total. The molecule has 29 heavy (non-hydrogen) atoms. The number of pyridine rings is 1. The van der Waals surface area contributed by atoms with Crippen LogP contribution in [0.15, 0.2) is 54.7 Å². The van der Waals surface area contributed by atoms with Gasteiger partial charge < -0.3 is 14.8 Å². The summed E-state index contributed by atoms with van der Waals surface area (Å²) in [5.41, 5.74) is 7.29. The number of hydrogen-bond donors (Lipinski definition) is 1. The van der Waals surface area contributed by atoms with E-state index in [1.165, 1.54) is 28.2 Å². The highest BCUT2D eigenvalue weighted by atomic mass is 32.1. The molecule has 1 saturated heterocycles. The summed E-state index contributed by atoms with van der Waals surface area (Å²) in [4.78, 5) is 6.97. The Labute approximate surface area is 178 Å². The predicted molar refractivity (Wildman–Crippen MR) is 122 cm³/mol. The molecule has 0 amide bonds. The number of nitrogens with one attached hydrogen (secondary N) is 1. The second kappa shape index (κ2) is 7.99. The van der Waals surface area contributed by atoms with E-state index >= 15 is 0 Å². The second-order valence-corrected chi connectivity index (χ2v) is 8.21. The maximum atomic E-state index is 5.73. The normalized spacial score (nSPS) is 18.9. The lowest BCUT2D eigenvalue weighted by molar-refractivity contribution is 0.316. The van der Waals surface area contributed by atoms with Crippen LogP contribution in [0.3, 0.4) is 0 Å².